The van der Waals surface area contributed by atoms with Crippen molar-refractivity contribution in [2.24, 2.45) is 0 Å². The predicted octanol–water partition coefficient (Wildman–Crippen LogP) is 3.22. The number of likely N-dealkylation sites (tertiary alicyclic amines) is 1. The lowest BCUT2D eigenvalue weighted by Crippen LogP contribution is -2.32. The lowest BCUT2D eigenvalue weighted by molar-refractivity contribution is -0.384. The van der Waals surface area contributed by atoms with Gasteiger partial charge in [-0.1, -0.05) is 12.8 Å². The van der Waals surface area contributed by atoms with E-state index in [0.29, 0.717) is 5.56 Å². The molecule has 1 amide bonds. The number of benzene rings is 1. The van der Waals surface area contributed by atoms with Crippen molar-refractivity contribution < 1.29 is 9.72 Å². The van der Waals surface area contributed by atoms with Gasteiger partial charge in [0.1, 0.15) is 0 Å². The van der Waals surface area contributed by atoms with Crippen molar-refractivity contribution in [2.75, 3.05) is 13.1 Å². The van der Waals surface area contributed by atoms with E-state index in [9.17, 15) is 14.9 Å². The SMILES string of the molecule is O=C(c1cc([N+](=O)[O-])ccc1I)N1CCCCCC1. The molecule has 1 aromatic carbocycles. The Balaban J connectivity index is 2.26. The average Bonchev–Trinajstić information content (AvgIpc) is 2.67. The van der Waals surface area contributed by atoms with Crippen molar-refractivity contribution in [3.8, 4) is 0 Å². The van der Waals surface area contributed by atoms with Crippen LogP contribution >= 0.6 is 22.6 Å². The average molecular weight is 374 g/mol. The van der Waals surface area contributed by atoms with E-state index in [-0.39, 0.29) is 11.6 Å². The third-order valence-electron chi connectivity index (χ3n) is 3.28. The molecular formula is C13H15IN2O3. The van der Waals surface area contributed by atoms with Crippen LogP contribution in [0.1, 0.15) is 36.0 Å². The van der Waals surface area contributed by atoms with Gasteiger partial charge in [0.05, 0.1) is 10.5 Å². The molecule has 1 aliphatic heterocycles. The zero-order valence-corrected chi connectivity index (χ0v) is 12.6. The largest absolute Gasteiger partial charge is 0.339 e. The fourth-order valence-corrected chi connectivity index (χ4v) is 2.80. The van der Waals surface area contributed by atoms with E-state index in [0.717, 1.165) is 42.3 Å². The number of hydrogen-bond acceptors (Lipinski definition) is 3. The van der Waals surface area contributed by atoms with Crippen LogP contribution in [0.15, 0.2) is 18.2 Å². The molecule has 0 spiro atoms. The molecule has 0 aliphatic carbocycles. The molecule has 0 N–H and O–H groups in total. The standard InChI is InChI=1S/C13H15IN2O3/c14-12-6-5-10(16(18)19)9-11(12)13(17)15-7-3-1-2-4-8-15/h5-6,9H,1-4,7-8H2. The van der Waals surface area contributed by atoms with E-state index in [1.807, 2.05) is 4.90 Å². The molecule has 19 heavy (non-hydrogen) atoms. The minimum Gasteiger partial charge on any atom is -0.339 e. The first-order valence-corrected chi connectivity index (χ1v) is 7.40. The highest BCUT2D eigenvalue weighted by Gasteiger charge is 2.21. The summed E-state index contributed by atoms with van der Waals surface area (Å²) >= 11 is 2.05. The van der Waals surface area contributed by atoms with Crippen LogP contribution in [0.5, 0.6) is 0 Å². The number of non-ortho nitro benzene ring substituents is 1. The molecule has 0 radical (unpaired) electrons. The Kier molecular flexibility index (Phi) is 4.73. The molecule has 2 rings (SSSR count). The number of carbonyl (C=O) groups excluding carboxylic acids is 1. The van der Waals surface area contributed by atoms with Gasteiger partial charge in [0.2, 0.25) is 0 Å². The first kappa shape index (κ1) is 14.2. The van der Waals surface area contributed by atoms with Crippen LogP contribution in [0, 0.1) is 13.7 Å². The summed E-state index contributed by atoms with van der Waals surface area (Å²) in [6, 6.07) is 4.44. The fraction of sp³-hybridized carbons (Fsp3) is 0.462. The van der Waals surface area contributed by atoms with Gasteiger partial charge in [0.25, 0.3) is 11.6 Å². The van der Waals surface area contributed by atoms with Crippen LogP contribution in [0.3, 0.4) is 0 Å². The summed E-state index contributed by atoms with van der Waals surface area (Å²) in [7, 11) is 0. The number of carbonyl (C=O) groups is 1. The number of nitrogens with zero attached hydrogens (tertiary/aromatic N) is 2. The minimum atomic E-state index is -0.463. The molecule has 0 saturated carbocycles. The quantitative estimate of drug-likeness (QED) is 0.454. The Morgan fingerprint density at radius 2 is 1.84 bits per heavy atom. The van der Waals surface area contributed by atoms with E-state index in [1.165, 1.54) is 12.1 Å². The van der Waals surface area contributed by atoms with E-state index in [4.69, 9.17) is 0 Å². The smallest absolute Gasteiger partial charge is 0.270 e. The highest BCUT2D eigenvalue weighted by molar-refractivity contribution is 14.1. The molecule has 0 aromatic heterocycles. The Bertz CT molecular complexity index is 497. The van der Waals surface area contributed by atoms with Crippen LogP contribution in [0.25, 0.3) is 0 Å². The van der Waals surface area contributed by atoms with Gasteiger partial charge in [0, 0.05) is 28.8 Å². The van der Waals surface area contributed by atoms with Gasteiger partial charge in [-0.2, -0.15) is 0 Å². The van der Waals surface area contributed by atoms with Crippen molar-refractivity contribution in [1.82, 2.24) is 4.90 Å². The Labute approximate surface area is 125 Å². The van der Waals surface area contributed by atoms with Crippen molar-refractivity contribution in [3.63, 3.8) is 0 Å². The maximum atomic E-state index is 12.4. The van der Waals surface area contributed by atoms with Crippen LogP contribution in [-0.4, -0.2) is 28.8 Å². The van der Waals surface area contributed by atoms with Crippen molar-refractivity contribution in [2.45, 2.75) is 25.7 Å². The van der Waals surface area contributed by atoms with Gasteiger partial charge in [0.15, 0.2) is 0 Å². The molecule has 1 aromatic rings. The lowest BCUT2D eigenvalue weighted by atomic mass is 10.1. The minimum absolute atomic E-state index is 0.0291. The van der Waals surface area contributed by atoms with E-state index < -0.39 is 4.92 Å². The summed E-state index contributed by atoms with van der Waals surface area (Å²) in [6.07, 6.45) is 4.32. The molecule has 1 aliphatic rings. The second-order valence-electron chi connectivity index (χ2n) is 4.63. The molecule has 6 heteroatoms. The molecule has 0 unspecified atom stereocenters. The lowest BCUT2D eigenvalue weighted by Gasteiger charge is -2.20. The Hall–Kier alpha value is -1.18. The maximum Gasteiger partial charge on any atom is 0.270 e. The van der Waals surface area contributed by atoms with Crippen molar-refractivity contribution >= 4 is 34.2 Å². The molecule has 5 nitrogen and oxygen atoms in total. The summed E-state index contributed by atoms with van der Waals surface area (Å²) in [4.78, 5) is 24.6. The van der Waals surface area contributed by atoms with E-state index >= 15 is 0 Å². The fourth-order valence-electron chi connectivity index (χ4n) is 2.23. The zero-order chi connectivity index (χ0) is 13.8. The molecule has 0 atom stereocenters. The first-order valence-electron chi connectivity index (χ1n) is 6.33. The number of hydrogen-bond donors (Lipinski definition) is 0. The number of nitro benzene ring substituents is 1. The topological polar surface area (TPSA) is 63.4 Å². The normalized spacial score (nSPS) is 15.9. The van der Waals surface area contributed by atoms with Gasteiger partial charge >= 0.3 is 0 Å². The number of rotatable bonds is 2. The summed E-state index contributed by atoms with van der Waals surface area (Å²) in [5.74, 6) is -0.0880. The molecular weight excluding hydrogens is 359 g/mol. The molecule has 1 fully saturated rings. The van der Waals surface area contributed by atoms with Crippen LogP contribution in [0.4, 0.5) is 5.69 Å². The maximum absolute atomic E-state index is 12.4. The van der Waals surface area contributed by atoms with Gasteiger partial charge in [-0.15, -0.1) is 0 Å². The van der Waals surface area contributed by atoms with Gasteiger partial charge in [-0.05, 0) is 41.5 Å². The second kappa shape index (κ2) is 6.31. The summed E-state index contributed by atoms with van der Waals surface area (Å²) in [5, 5.41) is 10.8. The predicted molar refractivity (Wildman–Crippen MR) is 80.2 cm³/mol. The Morgan fingerprint density at radius 3 is 2.42 bits per heavy atom. The highest BCUT2D eigenvalue weighted by atomic mass is 127. The number of amides is 1. The number of nitro groups is 1. The second-order valence-corrected chi connectivity index (χ2v) is 5.79. The Morgan fingerprint density at radius 1 is 1.21 bits per heavy atom. The summed E-state index contributed by atoms with van der Waals surface area (Å²) in [6.45, 7) is 1.50. The molecule has 1 heterocycles. The first-order chi connectivity index (χ1) is 9.09. The van der Waals surface area contributed by atoms with E-state index in [2.05, 4.69) is 22.6 Å². The summed E-state index contributed by atoms with van der Waals surface area (Å²) in [5.41, 5.74) is 0.412. The molecule has 102 valence electrons. The van der Waals surface area contributed by atoms with Crippen molar-refractivity contribution in [1.29, 1.82) is 0 Å². The molecule has 1 saturated heterocycles. The van der Waals surface area contributed by atoms with Gasteiger partial charge in [-0.3, -0.25) is 14.9 Å². The van der Waals surface area contributed by atoms with Gasteiger partial charge < -0.3 is 4.90 Å². The monoisotopic (exact) mass is 374 g/mol. The third-order valence-corrected chi connectivity index (χ3v) is 4.23. The highest BCUT2D eigenvalue weighted by Crippen LogP contribution is 2.22. The molecule has 0 bridgehead atoms. The van der Waals surface area contributed by atoms with Crippen LogP contribution in [0.2, 0.25) is 0 Å². The van der Waals surface area contributed by atoms with E-state index in [1.54, 1.807) is 6.07 Å². The zero-order valence-electron chi connectivity index (χ0n) is 10.5. The van der Waals surface area contributed by atoms with Gasteiger partial charge in [-0.25, -0.2) is 0 Å². The summed E-state index contributed by atoms with van der Waals surface area (Å²) < 4.78 is 0.762. The number of halogens is 1. The van der Waals surface area contributed by atoms with Crippen molar-refractivity contribution in [3.05, 3.63) is 37.4 Å². The third kappa shape index (κ3) is 3.43. The van der Waals surface area contributed by atoms with Crippen LogP contribution < -0.4 is 0 Å². The van der Waals surface area contributed by atoms with Crippen LogP contribution in [-0.2, 0) is 0 Å².